The highest BCUT2D eigenvalue weighted by molar-refractivity contribution is 5.52. The number of pyridine rings is 1. The molecule has 2 N–H and O–H groups in total. The van der Waals surface area contributed by atoms with Crippen LogP contribution in [0.15, 0.2) is 35.3 Å². The SMILES string of the molecule is C[C@H](O)c1cc2n(n1)CCN(Cc1cc(=O)n3cccc(O)c3n1)C2. The zero-order valence-corrected chi connectivity index (χ0v) is 13.8. The Labute approximate surface area is 143 Å². The number of aliphatic hydroxyl groups excluding tert-OH is 1. The summed E-state index contributed by atoms with van der Waals surface area (Å²) in [6, 6.07) is 6.53. The van der Waals surface area contributed by atoms with Gasteiger partial charge in [0.2, 0.25) is 0 Å². The molecule has 25 heavy (non-hydrogen) atoms. The van der Waals surface area contributed by atoms with Gasteiger partial charge < -0.3 is 10.2 Å². The van der Waals surface area contributed by atoms with Crippen molar-refractivity contribution in [3.05, 3.63) is 57.9 Å². The molecular weight excluding hydrogens is 322 g/mol. The molecule has 4 rings (SSSR count). The van der Waals surface area contributed by atoms with Crippen LogP contribution in [0.3, 0.4) is 0 Å². The van der Waals surface area contributed by atoms with Gasteiger partial charge in [0.05, 0.1) is 29.7 Å². The molecule has 1 aliphatic rings. The summed E-state index contributed by atoms with van der Waals surface area (Å²) in [4.78, 5) is 18.8. The lowest BCUT2D eigenvalue weighted by atomic mass is 10.2. The summed E-state index contributed by atoms with van der Waals surface area (Å²) >= 11 is 0. The van der Waals surface area contributed by atoms with Crippen LogP contribution in [-0.4, -0.2) is 40.8 Å². The zero-order chi connectivity index (χ0) is 17.6. The number of nitrogens with zero attached hydrogens (tertiary/aromatic N) is 5. The van der Waals surface area contributed by atoms with E-state index in [1.165, 1.54) is 16.5 Å². The quantitative estimate of drug-likeness (QED) is 0.727. The van der Waals surface area contributed by atoms with Gasteiger partial charge in [-0.15, -0.1) is 0 Å². The summed E-state index contributed by atoms with van der Waals surface area (Å²) in [6.45, 7) is 4.37. The molecule has 0 unspecified atom stereocenters. The largest absolute Gasteiger partial charge is 0.504 e. The lowest BCUT2D eigenvalue weighted by Gasteiger charge is -2.27. The van der Waals surface area contributed by atoms with Gasteiger partial charge in [0.1, 0.15) is 0 Å². The Kier molecular flexibility index (Phi) is 3.78. The van der Waals surface area contributed by atoms with Crippen molar-refractivity contribution >= 4 is 5.65 Å². The number of hydrogen-bond donors (Lipinski definition) is 2. The van der Waals surface area contributed by atoms with Gasteiger partial charge in [0.25, 0.3) is 5.56 Å². The van der Waals surface area contributed by atoms with Gasteiger partial charge in [0.15, 0.2) is 11.4 Å². The van der Waals surface area contributed by atoms with Crippen LogP contribution in [0.25, 0.3) is 5.65 Å². The second-order valence-corrected chi connectivity index (χ2v) is 6.34. The van der Waals surface area contributed by atoms with Crippen molar-refractivity contribution in [2.75, 3.05) is 6.54 Å². The monoisotopic (exact) mass is 341 g/mol. The van der Waals surface area contributed by atoms with E-state index in [-0.39, 0.29) is 17.0 Å². The molecule has 0 aromatic carbocycles. The molecular formula is C17H19N5O3. The smallest absolute Gasteiger partial charge is 0.258 e. The minimum Gasteiger partial charge on any atom is -0.504 e. The first-order valence-electron chi connectivity index (χ1n) is 8.18. The third-order valence-corrected chi connectivity index (χ3v) is 4.43. The lowest BCUT2D eigenvalue weighted by molar-refractivity contribution is 0.189. The molecule has 8 heteroatoms. The number of hydrogen-bond acceptors (Lipinski definition) is 6. The van der Waals surface area contributed by atoms with E-state index in [9.17, 15) is 15.0 Å². The molecule has 0 saturated heterocycles. The molecule has 4 heterocycles. The van der Waals surface area contributed by atoms with Crippen LogP contribution in [0.5, 0.6) is 5.75 Å². The maximum absolute atomic E-state index is 12.2. The first-order chi connectivity index (χ1) is 12.0. The molecule has 0 amide bonds. The molecule has 130 valence electrons. The summed E-state index contributed by atoms with van der Waals surface area (Å²) in [6.07, 6.45) is 1.00. The van der Waals surface area contributed by atoms with Gasteiger partial charge in [-0.25, -0.2) is 4.98 Å². The molecule has 0 aliphatic carbocycles. The Hall–Kier alpha value is -2.71. The summed E-state index contributed by atoms with van der Waals surface area (Å²) < 4.78 is 3.24. The van der Waals surface area contributed by atoms with Gasteiger partial charge >= 0.3 is 0 Å². The molecule has 0 radical (unpaired) electrons. The fraction of sp³-hybridized carbons (Fsp3) is 0.353. The van der Waals surface area contributed by atoms with Crippen molar-refractivity contribution < 1.29 is 10.2 Å². The Morgan fingerprint density at radius 3 is 2.96 bits per heavy atom. The minimum absolute atomic E-state index is 0.0141. The van der Waals surface area contributed by atoms with Gasteiger partial charge in [-0.2, -0.15) is 5.10 Å². The number of rotatable bonds is 3. The molecule has 1 aliphatic heterocycles. The van der Waals surface area contributed by atoms with Crippen LogP contribution in [0.4, 0.5) is 0 Å². The summed E-state index contributed by atoms with van der Waals surface area (Å²) in [5, 5.41) is 24.0. The van der Waals surface area contributed by atoms with Gasteiger partial charge in [0, 0.05) is 31.9 Å². The first-order valence-corrected chi connectivity index (χ1v) is 8.18. The van der Waals surface area contributed by atoms with Crippen LogP contribution < -0.4 is 5.56 Å². The number of aromatic nitrogens is 4. The summed E-state index contributed by atoms with van der Waals surface area (Å²) in [7, 11) is 0. The van der Waals surface area contributed by atoms with E-state index in [1.807, 2.05) is 10.7 Å². The lowest BCUT2D eigenvalue weighted by Crippen LogP contribution is -2.34. The predicted octanol–water partition coefficient (Wildman–Crippen LogP) is 0.666. The third kappa shape index (κ3) is 2.90. The van der Waals surface area contributed by atoms with Crippen LogP contribution >= 0.6 is 0 Å². The average molecular weight is 341 g/mol. The van der Waals surface area contributed by atoms with Crippen molar-refractivity contribution in [3.63, 3.8) is 0 Å². The maximum atomic E-state index is 12.2. The Bertz CT molecular complexity index is 992. The van der Waals surface area contributed by atoms with E-state index < -0.39 is 6.10 Å². The van der Waals surface area contributed by atoms with Crippen molar-refractivity contribution in [2.24, 2.45) is 0 Å². The zero-order valence-electron chi connectivity index (χ0n) is 13.8. The van der Waals surface area contributed by atoms with E-state index in [2.05, 4.69) is 15.0 Å². The van der Waals surface area contributed by atoms with E-state index >= 15 is 0 Å². The standard InChI is InChI=1S/C17H19N5O3/c1-11(23)14-8-13-10-20(5-6-22(13)19-14)9-12-7-16(25)21-4-2-3-15(24)17(21)18-12/h2-4,7-8,11,23-24H,5-6,9-10H2,1H3/t11-/m0/s1. The van der Waals surface area contributed by atoms with E-state index in [4.69, 9.17) is 0 Å². The minimum atomic E-state index is -0.586. The second-order valence-electron chi connectivity index (χ2n) is 6.34. The number of fused-ring (bicyclic) bond motifs is 2. The van der Waals surface area contributed by atoms with Crippen LogP contribution in [-0.2, 0) is 19.6 Å². The molecule has 3 aromatic heterocycles. The highest BCUT2D eigenvalue weighted by Crippen LogP contribution is 2.19. The Morgan fingerprint density at radius 1 is 1.32 bits per heavy atom. The van der Waals surface area contributed by atoms with Crippen molar-refractivity contribution in [3.8, 4) is 5.75 Å². The molecule has 0 bridgehead atoms. The van der Waals surface area contributed by atoms with Crippen molar-refractivity contribution in [2.45, 2.75) is 32.7 Å². The normalized spacial score (nSPS) is 16.1. The molecule has 3 aromatic rings. The van der Waals surface area contributed by atoms with E-state index in [0.29, 0.717) is 24.5 Å². The molecule has 1 atom stereocenters. The third-order valence-electron chi connectivity index (χ3n) is 4.43. The number of aliphatic hydroxyl groups is 1. The van der Waals surface area contributed by atoms with Gasteiger partial charge in [-0.05, 0) is 25.1 Å². The number of aromatic hydroxyl groups is 1. The predicted molar refractivity (Wildman–Crippen MR) is 90.1 cm³/mol. The first kappa shape index (κ1) is 15.8. The Morgan fingerprint density at radius 2 is 2.16 bits per heavy atom. The van der Waals surface area contributed by atoms with E-state index in [1.54, 1.807) is 19.2 Å². The van der Waals surface area contributed by atoms with Gasteiger partial charge in [-0.1, -0.05) is 0 Å². The van der Waals surface area contributed by atoms with Crippen LogP contribution in [0.1, 0.15) is 30.1 Å². The molecule has 0 saturated carbocycles. The van der Waals surface area contributed by atoms with E-state index in [0.717, 1.165) is 18.8 Å². The maximum Gasteiger partial charge on any atom is 0.258 e. The van der Waals surface area contributed by atoms with Crippen LogP contribution in [0, 0.1) is 0 Å². The molecule has 0 fully saturated rings. The molecule has 0 spiro atoms. The highest BCUT2D eigenvalue weighted by atomic mass is 16.3. The second kappa shape index (κ2) is 5.98. The summed E-state index contributed by atoms with van der Waals surface area (Å²) in [5.41, 5.74) is 2.37. The fourth-order valence-electron chi connectivity index (χ4n) is 3.15. The average Bonchev–Trinajstić information content (AvgIpc) is 3.00. The fourth-order valence-corrected chi connectivity index (χ4v) is 3.15. The van der Waals surface area contributed by atoms with Crippen LogP contribution in [0.2, 0.25) is 0 Å². The van der Waals surface area contributed by atoms with Crippen molar-refractivity contribution in [1.29, 1.82) is 0 Å². The Balaban J connectivity index is 1.59. The van der Waals surface area contributed by atoms with Crippen molar-refractivity contribution in [1.82, 2.24) is 24.1 Å². The van der Waals surface area contributed by atoms with Gasteiger partial charge in [-0.3, -0.25) is 18.8 Å². The molecule has 8 nitrogen and oxygen atoms in total. The topological polar surface area (TPSA) is 95.9 Å². The summed E-state index contributed by atoms with van der Waals surface area (Å²) in [5.74, 6) is -0.0141. The highest BCUT2D eigenvalue weighted by Gasteiger charge is 2.20.